The van der Waals surface area contributed by atoms with Gasteiger partial charge in [-0.1, -0.05) is 0 Å². The Morgan fingerprint density at radius 1 is 1.50 bits per heavy atom. The van der Waals surface area contributed by atoms with Crippen molar-refractivity contribution >= 4 is 37.3 Å². The molecule has 0 bridgehead atoms. The minimum absolute atomic E-state index is 0.231. The minimum Gasteiger partial charge on any atom is -0.326 e. The zero-order valence-electron chi connectivity index (χ0n) is 10.8. The number of nitrogens with two attached hydrogens (primary N) is 1. The van der Waals surface area contributed by atoms with E-state index in [0.29, 0.717) is 10.3 Å². The van der Waals surface area contributed by atoms with Gasteiger partial charge in [-0.25, -0.2) is 13.1 Å². The molecule has 2 rings (SSSR count). The number of halogens is 1. The first-order valence-corrected chi connectivity index (χ1v) is 8.90. The van der Waals surface area contributed by atoms with E-state index in [1.165, 1.54) is 11.3 Å². The summed E-state index contributed by atoms with van der Waals surface area (Å²) < 4.78 is 27.7. The van der Waals surface area contributed by atoms with E-state index in [0.717, 1.165) is 16.0 Å². The van der Waals surface area contributed by atoms with Gasteiger partial charge >= 0.3 is 0 Å². The van der Waals surface area contributed by atoms with Gasteiger partial charge in [-0.2, -0.15) is 0 Å². The van der Waals surface area contributed by atoms with Gasteiger partial charge in [-0.15, -0.1) is 11.3 Å². The lowest BCUT2D eigenvalue weighted by Crippen LogP contribution is -2.23. The van der Waals surface area contributed by atoms with Gasteiger partial charge < -0.3 is 5.73 Å². The van der Waals surface area contributed by atoms with Gasteiger partial charge in [0.2, 0.25) is 10.0 Å². The average Bonchev–Trinajstić information content (AvgIpc) is 2.80. The summed E-state index contributed by atoms with van der Waals surface area (Å²) in [5.74, 6) is 0. The molecule has 8 heteroatoms. The van der Waals surface area contributed by atoms with E-state index in [4.69, 9.17) is 5.73 Å². The molecule has 0 aromatic carbocycles. The summed E-state index contributed by atoms with van der Waals surface area (Å²) in [6, 6.07) is 3.39. The van der Waals surface area contributed by atoms with E-state index in [-0.39, 0.29) is 11.4 Å². The molecular formula is C12H14BrN3O2S2. The van der Waals surface area contributed by atoms with E-state index in [2.05, 4.69) is 25.6 Å². The molecule has 0 aliphatic heterocycles. The highest BCUT2D eigenvalue weighted by Crippen LogP contribution is 2.31. The molecule has 0 unspecified atom stereocenters. The van der Waals surface area contributed by atoms with Crippen molar-refractivity contribution in [3.8, 4) is 0 Å². The SMILES string of the molecule is Cc1cnccc1CNS(=O)(=O)c1cc(CN)sc1Br. The molecule has 0 aliphatic rings. The molecule has 0 saturated heterocycles. The van der Waals surface area contributed by atoms with Crippen LogP contribution in [0.25, 0.3) is 0 Å². The summed E-state index contributed by atoms with van der Waals surface area (Å²) in [5, 5.41) is 0. The summed E-state index contributed by atoms with van der Waals surface area (Å²) in [6.07, 6.45) is 3.35. The zero-order chi connectivity index (χ0) is 14.8. The molecule has 20 heavy (non-hydrogen) atoms. The third-order valence-electron chi connectivity index (χ3n) is 2.79. The molecule has 108 valence electrons. The summed E-state index contributed by atoms with van der Waals surface area (Å²) in [7, 11) is -3.56. The van der Waals surface area contributed by atoms with Crippen molar-refractivity contribution in [2.45, 2.75) is 24.9 Å². The van der Waals surface area contributed by atoms with Gasteiger partial charge in [0.15, 0.2) is 0 Å². The van der Waals surface area contributed by atoms with Gasteiger partial charge in [-0.05, 0) is 46.1 Å². The Balaban J connectivity index is 2.19. The Morgan fingerprint density at radius 3 is 2.85 bits per heavy atom. The monoisotopic (exact) mass is 375 g/mol. The minimum atomic E-state index is -3.56. The maximum Gasteiger partial charge on any atom is 0.242 e. The number of hydrogen-bond donors (Lipinski definition) is 2. The van der Waals surface area contributed by atoms with Crippen LogP contribution >= 0.6 is 27.3 Å². The number of nitrogens with one attached hydrogen (secondary N) is 1. The van der Waals surface area contributed by atoms with Crippen molar-refractivity contribution in [3.05, 3.63) is 44.3 Å². The molecule has 0 spiro atoms. The molecule has 3 N–H and O–H groups in total. The number of rotatable bonds is 5. The number of pyridine rings is 1. The fraction of sp³-hybridized carbons (Fsp3) is 0.250. The zero-order valence-corrected chi connectivity index (χ0v) is 14.0. The molecule has 2 heterocycles. The Bertz CT molecular complexity index is 713. The van der Waals surface area contributed by atoms with E-state index in [9.17, 15) is 8.42 Å². The van der Waals surface area contributed by atoms with Crippen LogP contribution in [0.4, 0.5) is 0 Å². The van der Waals surface area contributed by atoms with Crippen molar-refractivity contribution in [2.75, 3.05) is 0 Å². The van der Waals surface area contributed by atoms with E-state index < -0.39 is 10.0 Å². The van der Waals surface area contributed by atoms with Crippen LogP contribution in [-0.2, 0) is 23.1 Å². The molecule has 2 aromatic heterocycles. The fourth-order valence-corrected chi connectivity index (χ4v) is 5.20. The van der Waals surface area contributed by atoms with Crippen LogP contribution in [0.1, 0.15) is 16.0 Å². The topological polar surface area (TPSA) is 85.1 Å². The summed E-state index contributed by atoms with van der Waals surface area (Å²) in [4.78, 5) is 5.03. The predicted molar refractivity (Wildman–Crippen MR) is 82.9 cm³/mol. The third kappa shape index (κ3) is 3.44. The first kappa shape index (κ1) is 15.6. The van der Waals surface area contributed by atoms with Crippen molar-refractivity contribution in [1.82, 2.24) is 9.71 Å². The second-order valence-electron chi connectivity index (χ2n) is 4.18. The number of thiophene rings is 1. The highest BCUT2D eigenvalue weighted by molar-refractivity contribution is 9.11. The maximum absolute atomic E-state index is 12.3. The van der Waals surface area contributed by atoms with Crippen LogP contribution < -0.4 is 10.5 Å². The van der Waals surface area contributed by atoms with Crippen molar-refractivity contribution in [1.29, 1.82) is 0 Å². The number of aryl methyl sites for hydroxylation is 1. The van der Waals surface area contributed by atoms with E-state index >= 15 is 0 Å². The maximum atomic E-state index is 12.3. The van der Waals surface area contributed by atoms with Crippen LogP contribution in [0, 0.1) is 6.92 Å². The van der Waals surface area contributed by atoms with Gasteiger partial charge in [0, 0.05) is 30.4 Å². The lowest BCUT2D eigenvalue weighted by atomic mass is 10.2. The van der Waals surface area contributed by atoms with Crippen LogP contribution in [0.2, 0.25) is 0 Å². The molecule has 2 aromatic rings. The normalized spacial score (nSPS) is 11.8. The molecule has 0 fully saturated rings. The van der Waals surface area contributed by atoms with Gasteiger partial charge in [0.05, 0.1) is 3.79 Å². The third-order valence-corrected chi connectivity index (χ3v) is 6.46. The predicted octanol–water partition coefficient (Wildman–Crippen LogP) is 2.15. The molecule has 0 aliphatic carbocycles. The van der Waals surface area contributed by atoms with Gasteiger partial charge in [0.1, 0.15) is 4.90 Å². The number of hydrogen-bond acceptors (Lipinski definition) is 5. The Hall–Kier alpha value is -0.800. The first-order chi connectivity index (χ1) is 9.44. The molecule has 5 nitrogen and oxygen atoms in total. The quantitative estimate of drug-likeness (QED) is 0.838. The van der Waals surface area contributed by atoms with E-state index in [1.807, 2.05) is 6.92 Å². The van der Waals surface area contributed by atoms with E-state index in [1.54, 1.807) is 24.5 Å². The highest BCUT2D eigenvalue weighted by atomic mass is 79.9. The Labute approximate surface area is 130 Å². The number of sulfonamides is 1. The molecule has 0 atom stereocenters. The molecule has 0 saturated carbocycles. The van der Waals surface area contributed by atoms with Gasteiger partial charge in [0.25, 0.3) is 0 Å². The first-order valence-electron chi connectivity index (χ1n) is 5.81. The second-order valence-corrected chi connectivity index (χ2v) is 8.37. The Morgan fingerprint density at radius 2 is 2.25 bits per heavy atom. The number of aromatic nitrogens is 1. The molecular weight excluding hydrogens is 362 g/mol. The van der Waals surface area contributed by atoms with Crippen molar-refractivity contribution < 1.29 is 8.42 Å². The van der Waals surface area contributed by atoms with Crippen molar-refractivity contribution in [2.24, 2.45) is 5.73 Å². The van der Waals surface area contributed by atoms with Gasteiger partial charge in [-0.3, -0.25) is 4.98 Å². The summed E-state index contributed by atoms with van der Waals surface area (Å²) in [6.45, 7) is 2.45. The standard InChI is InChI=1S/C12H14BrN3O2S2/c1-8-6-15-3-2-9(8)7-16-20(17,18)11-4-10(5-14)19-12(11)13/h2-4,6,16H,5,7,14H2,1H3. The highest BCUT2D eigenvalue weighted by Gasteiger charge is 2.20. The second kappa shape index (κ2) is 6.31. The largest absolute Gasteiger partial charge is 0.326 e. The molecule has 0 radical (unpaired) electrons. The fourth-order valence-electron chi connectivity index (χ4n) is 1.63. The average molecular weight is 376 g/mol. The summed E-state index contributed by atoms with van der Waals surface area (Å²) in [5.41, 5.74) is 7.37. The van der Waals surface area contributed by atoms with Crippen LogP contribution in [0.15, 0.2) is 33.2 Å². The van der Waals surface area contributed by atoms with Crippen LogP contribution in [0.3, 0.4) is 0 Å². The lowest BCUT2D eigenvalue weighted by molar-refractivity contribution is 0.581. The summed E-state index contributed by atoms with van der Waals surface area (Å²) >= 11 is 4.60. The molecule has 0 amide bonds. The van der Waals surface area contributed by atoms with Crippen LogP contribution in [-0.4, -0.2) is 13.4 Å². The van der Waals surface area contributed by atoms with Crippen LogP contribution in [0.5, 0.6) is 0 Å². The smallest absolute Gasteiger partial charge is 0.242 e. The van der Waals surface area contributed by atoms with Crippen molar-refractivity contribution in [3.63, 3.8) is 0 Å². The lowest BCUT2D eigenvalue weighted by Gasteiger charge is -2.07. The number of nitrogens with zero attached hydrogens (tertiary/aromatic N) is 1. The Kier molecular flexibility index (Phi) is 4.92.